The van der Waals surface area contributed by atoms with Crippen LogP contribution in [0.2, 0.25) is 0 Å². The molecule has 0 bridgehead atoms. The average molecular weight is 426 g/mol. The Labute approximate surface area is 184 Å². The lowest BCUT2D eigenvalue weighted by Crippen LogP contribution is -2.24. The van der Waals surface area contributed by atoms with Gasteiger partial charge in [-0.25, -0.2) is 9.37 Å². The molecule has 0 aliphatic heterocycles. The first-order valence-electron chi connectivity index (χ1n) is 10.6. The highest BCUT2D eigenvalue weighted by molar-refractivity contribution is 5.90. The van der Waals surface area contributed by atoms with Gasteiger partial charge in [0.25, 0.3) is 0 Å². The molecule has 5 aromatic rings. The molecule has 0 aliphatic carbocycles. The second-order valence-corrected chi connectivity index (χ2v) is 8.05. The second kappa shape index (κ2) is 8.30. The molecular formula is C26H23FN4O. The fourth-order valence-electron chi connectivity index (χ4n) is 4.10. The van der Waals surface area contributed by atoms with Gasteiger partial charge in [-0.1, -0.05) is 36.4 Å². The van der Waals surface area contributed by atoms with E-state index in [4.69, 9.17) is 0 Å². The number of hydrogen-bond acceptors (Lipinski definition) is 2. The largest absolute Gasteiger partial charge is 0.358 e. The van der Waals surface area contributed by atoms with Gasteiger partial charge in [-0.2, -0.15) is 0 Å². The van der Waals surface area contributed by atoms with E-state index in [-0.39, 0.29) is 18.1 Å². The molecule has 2 aromatic heterocycles. The average Bonchev–Trinajstić information content (AvgIpc) is 3.34. The lowest BCUT2D eigenvalue weighted by atomic mass is 10.1. The number of benzene rings is 3. The Kier molecular flexibility index (Phi) is 5.19. The van der Waals surface area contributed by atoms with E-state index in [2.05, 4.69) is 38.1 Å². The Morgan fingerprint density at radius 2 is 1.84 bits per heavy atom. The van der Waals surface area contributed by atoms with Crippen LogP contribution in [0.1, 0.15) is 22.4 Å². The predicted molar refractivity (Wildman–Crippen MR) is 124 cm³/mol. The van der Waals surface area contributed by atoms with Crippen LogP contribution in [0.3, 0.4) is 0 Å². The summed E-state index contributed by atoms with van der Waals surface area (Å²) in [5, 5.41) is 3.73. The maximum absolute atomic E-state index is 13.6. The first-order chi connectivity index (χ1) is 15.6. The fraction of sp³-hybridized carbons (Fsp3) is 0.154. The standard InChI is InChI=1S/C26H23FN4O/c1-17-21(22-12-20(27)10-11-23(22)30-17)13-26(32)28-14-18-6-8-19(9-7-18)15-31-16-29-24-4-2-3-5-25(24)31/h2-12,16,30H,13-15H2,1H3,(H,28,32). The maximum Gasteiger partial charge on any atom is 0.224 e. The molecule has 5 nitrogen and oxygen atoms in total. The van der Waals surface area contributed by atoms with Crippen molar-refractivity contribution in [1.82, 2.24) is 19.9 Å². The SMILES string of the molecule is Cc1[nH]c2ccc(F)cc2c1CC(=O)NCc1ccc(Cn2cnc3ccccc32)cc1. The Hall–Kier alpha value is -3.93. The smallest absolute Gasteiger partial charge is 0.224 e. The summed E-state index contributed by atoms with van der Waals surface area (Å²) in [6.45, 7) is 3.09. The number of imidazole rings is 1. The first-order valence-corrected chi connectivity index (χ1v) is 10.6. The zero-order chi connectivity index (χ0) is 22.1. The summed E-state index contributed by atoms with van der Waals surface area (Å²) in [6, 6.07) is 20.9. The van der Waals surface area contributed by atoms with E-state index in [0.29, 0.717) is 6.54 Å². The van der Waals surface area contributed by atoms with Gasteiger partial charge in [0.1, 0.15) is 5.82 Å². The van der Waals surface area contributed by atoms with Crippen molar-refractivity contribution in [1.29, 1.82) is 0 Å². The minimum atomic E-state index is -0.304. The molecule has 3 aromatic carbocycles. The third-order valence-corrected chi connectivity index (χ3v) is 5.81. The number of carbonyl (C=O) groups excluding carboxylic acids is 1. The van der Waals surface area contributed by atoms with E-state index in [9.17, 15) is 9.18 Å². The zero-order valence-electron chi connectivity index (χ0n) is 17.7. The minimum absolute atomic E-state index is 0.0905. The van der Waals surface area contributed by atoms with Crippen LogP contribution in [0.15, 0.2) is 73.1 Å². The summed E-state index contributed by atoms with van der Waals surface area (Å²) in [5.74, 6) is -0.394. The van der Waals surface area contributed by atoms with Crippen LogP contribution in [0, 0.1) is 12.7 Å². The van der Waals surface area contributed by atoms with Gasteiger partial charge in [-0.05, 0) is 53.9 Å². The lowest BCUT2D eigenvalue weighted by Gasteiger charge is -2.08. The molecule has 2 N–H and O–H groups in total. The number of aromatic amines is 1. The molecule has 0 unspecified atom stereocenters. The van der Waals surface area contributed by atoms with Crippen LogP contribution in [-0.4, -0.2) is 20.4 Å². The number of H-pyrrole nitrogens is 1. The molecule has 0 fully saturated rings. The van der Waals surface area contributed by atoms with E-state index >= 15 is 0 Å². The third kappa shape index (κ3) is 3.99. The van der Waals surface area contributed by atoms with Crippen molar-refractivity contribution < 1.29 is 9.18 Å². The number of halogens is 1. The number of rotatable bonds is 6. The van der Waals surface area contributed by atoms with Gasteiger partial charge >= 0.3 is 0 Å². The minimum Gasteiger partial charge on any atom is -0.358 e. The first kappa shape index (κ1) is 20.0. The number of amides is 1. The van der Waals surface area contributed by atoms with Gasteiger partial charge in [0.2, 0.25) is 5.91 Å². The van der Waals surface area contributed by atoms with Gasteiger partial charge in [0.05, 0.1) is 23.8 Å². The molecule has 0 aliphatic rings. The fourth-order valence-corrected chi connectivity index (χ4v) is 4.10. The summed E-state index contributed by atoms with van der Waals surface area (Å²) in [6.07, 6.45) is 2.07. The molecule has 0 spiro atoms. The molecule has 0 saturated heterocycles. The van der Waals surface area contributed by atoms with Crippen molar-refractivity contribution in [3.05, 3.63) is 101 Å². The van der Waals surface area contributed by atoms with E-state index in [0.717, 1.165) is 45.3 Å². The van der Waals surface area contributed by atoms with Crippen LogP contribution in [0.5, 0.6) is 0 Å². The zero-order valence-corrected chi connectivity index (χ0v) is 17.7. The summed E-state index contributed by atoms with van der Waals surface area (Å²) in [4.78, 5) is 20.2. The van der Waals surface area contributed by atoms with Crippen LogP contribution in [-0.2, 0) is 24.3 Å². The van der Waals surface area contributed by atoms with Crippen molar-refractivity contribution in [3.63, 3.8) is 0 Å². The van der Waals surface area contributed by atoms with Gasteiger partial charge in [-0.3, -0.25) is 4.79 Å². The number of fused-ring (bicyclic) bond motifs is 2. The number of para-hydroxylation sites is 2. The predicted octanol–water partition coefficient (Wildman–Crippen LogP) is 4.87. The Morgan fingerprint density at radius 3 is 2.69 bits per heavy atom. The Bertz CT molecular complexity index is 1420. The van der Waals surface area contributed by atoms with Crippen LogP contribution in [0.25, 0.3) is 21.9 Å². The Balaban J connectivity index is 1.21. The number of nitrogens with one attached hydrogen (secondary N) is 2. The van der Waals surface area contributed by atoms with Gasteiger partial charge in [0.15, 0.2) is 0 Å². The molecule has 6 heteroatoms. The number of hydrogen-bond donors (Lipinski definition) is 2. The van der Waals surface area contributed by atoms with E-state index in [1.165, 1.54) is 17.7 Å². The van der Waals surface area contributed by atoms with Crippen LogP contribution in [0.4, 0.5) is 4.39 Å². The van der Waals surface area contributed by atoms with Gasteiger partial charge in [0, 0.05) is 29.7 Å². The summed E-state index contributed by atoms with van der Waals surface area (Å²) in [7, 11) is 0. The summed E-state index contributed by atoms with van der Waals surface area (Å²) in [5.41, 5.74) is 6.85. The summed E-state index contributed by atoms with van der Waals surface area (Å²) >= 11 is 0. The van der Waals surface area contributed by atoms with Crippen molar-refractivity contribution >= 4 is 27.8 Å². The highest BCUT2D eigenvalue weighted by atomic mass is 19.1. The molecule has 32 heavy (non-hydrogen) atoms. The lowest BCUT2D eigenvalue weighted by molar-refractivity contribution is -0.120. The van der Waals surface area contributed by atoms with Gasteiger partial charge in [-0.15, -0.1) is 0 Å². The van der Waals surface area contributed by atoms with Crippen LogP contribution < -0.4 is 5.32 Å². The monoisotopic (exact) mass is 426 g/mol. The second-order valence-electron chi connectivity index (χ2n) is 8.05. The molecule has 5 rings (SSSR count). The molecule has 160 valence electrons. The van der Waals surface area contributed by atoms with Crippen LogP contribution >= 0.6 is 0 Å². The third-order valence-electron chi connectivity index (χ3n) is 5.81. The van der Waals surface area contributed by atoms with E-state index in [1.807, 2.05) is 43.6 Å². The Morgan fingerprint density at radius 1 is 1.06 bits per heavy atom. The van der Waals surface area contributed by atoms with Crippen molar-refractivity contribution in [2.75, 3.05) is 0 Å². The van der Waals surface area contributed by atoms with Crippen molar-refractivity contribution in [2.45, 2.75) is 26.4 Å². The highest BCUT2D eigenvalue weighted by Gasteiger charge is 2.13. The van der Waals surface area contributed by atoms with E-state index < -0.39 is 0 Å². The molecule has 0 saturated carbocycles. The van der Waals surface area contributed by atoms with Crippen molar-refractivity contribution in [2.24, 2.45) is 0 Å². The summed E-state index contributed by atoms with van der Waals surface area (Å²) < 4.78 is 15.8. The number of aromatic nitrogens is 3. The topological polar surface area (TPSA) is 62.7 Å². The molecular weight excluding hydrogens is 403 g/mol. The number of carbonyl (C=O) groups is 1. The quantitative estimate of drug-likeness (QED) is 0.407. The molecule has 0 radical (unpaired) electrons. The van der Waals surface area contributed by atoms with Gasteiger partial charge < -0.3 is 14.9 Å². The highest BCUT2D eigenvalue weighted by Crippen LogP contribution is 2.23. The van der Waals surface area contributed by atoms with Crippen molar-refractivity contribution in [3.8, 4) is 0 Å². The van der Waals surface area contributed by atoms with E-state index in [1.54, 1.807) is 6.07 Å². The number of aryl methyl sites for hydroxylation is 1. The maximum atomic E-state index is 13.6. The normalized spacial score (nSPS) is 11.3. The molecule has 1 amide bonds. The number of nitrogens with zero attached hydrogens (tertiary/aromatic N) is 2. The molecule has 0 atom stereocenters. The molecule has 2 heterocycles.